The molecule has 0 aliphatic carbocycles. The minimum absolute atomic E-state index is 0.163. The molecule has 3 unspecified atom stereocenters. The summed E-state index contributed by atoms with van der Waals surface area (Å²) in [7, 11) is 0. The van der Waals surface area contributed by atoms with Gasteiger partial charge in [0.25, 0.3) is 0 Å². The summed E-state index contributed by atoms with van der Waals surface area (Å²) in [6.45, 7) is 6.02. The molecule has 3 atom stereocenters. The summed E-state index contributed by atoms with van der Waals surface area (Å²) in [4.78, 5) is 0. The van der Waals surface area contributed by atoms with E-state index in [1.54, 1.807) is 12.1 Å². The fourth-order valence-electron chi connectivity index (χ4n) is 2.61. The predicted molar refractivity (Wildman–Crippen MR) is 76.0 cm³/mol. The maximum atomic E-state index is 13.1. The van der Waals surface area contributed by atoms with Crippen molar-refractivity contribution in [1.29, 1.82) is 0 Å². The highest BCUT2D eigenvalue weighted by molar-refractivity contribution is 6.30. The van der Waals surface area contributed by atoms with Crippen molar-refractivity contribution >= 4 is 11.6 Å². The van der Waals surface area contributed by atoms with Gasteiger partial charge >= 0.3 is 0 Å². The first-order chi connectivity index (χ1) is 9.11. The molecular formula is C15H21ClFNO. The second-order valence-corrected chi connectivity index (χ2v) is 5.58. The smallest absolute Gasteiger partial charge is 0.141 e. The fourth-order valence-corrected chi connectivity index (χ4v) is 2.79. The predicted octanol–water partition coefficient (Wildman–Crippen LogP) is 3.94. The number of halogens is 2. The van der Waals surface area contributed by atoms with Crippen LogP contribution in [0.2, 0.25) is 5.02 Å². The molecule has 4 heteroatoms. The Hall–Kier alpha value is -0.640. The molecule has 0 spiro atoms. The van der Waals surface area contributed by atoms with E-state index in [1.165, 1.54) is 6.07 Å². The van der Waals surface area contributed by atoms with E-state index in [4.69, 9.17) is 16.3 Å². The summed E-state index contributed by atoms with van der Waals surface area (Å²) >= 11 is 5.81. The minimum Gasteiger partial charge on any atom is -0.378 e. The van der Waals surface area contributed by atoms with Crippen molar-refractivity contribution in [3.05, 3.63) is 34.6 Å². The summed E-state index contributed by atoms with van der Waals surface area (Å²) < 4.78 is 18.8. The molecule has 106 valence electrons. The van der Waals surface area contributed by atoms with E-state index >= 15 is 0 Å². The van der Waals surface area contributed by atoms with Gasteiger partial charge in [0.1, 0.15) is 5.82 Å². The molecule has 0 bridgehead atoms. The van der Waals surface area contributed by atoms with Gasteiger partial charge in [-0.3, -0.25) is 0 Å². The van der Waals surface area contributed by atoms with Gasteiger partial charge in [0, 0.05) is 19.2 Å². The van der Waals surface area contributed by atoms with Gasteiger partial charge in [-0.2, -0.15) is 0 Å². The van der Waals surface area contributed by atoms with Crippen molar-refractivity contribution in [2.24, 2.45) is 5.92 Å². The van der Waals surface area contributed by atoms with Crippen LogP contribution in [0.5, 0.6) is 0 Å². The molecule has 2 rings (SSSR count). The van der Waals surface area contributed by atoms with Gasteiger partial charge in [-0.15, -0.1) is 0 Å². The molecule has 1 heterocycles. The molecule has 19 heavy (non-hydrogen) atoms. The minimum atomic E-state index is -0.368. The van der Waals surface area contributed by atoms with Gasteiger partial charge in [-0.25, -0.2) is 4.39 Å². The Morgan fingerprint density at radius 1 is 1.53 bits per heavy atom. The van der Waals surface area contributed by atoms with E-state index in [0.717, 1.165) is 31.6 Å². The van der Waals surface area contributed by atoms with E-state index < -0.39 is 0 Å². The van der Waals surface area contributed by atoms with Crippen LogP contribution in [0.15, 0.2) is 18.2 Å². The Morgan fingerprint density at radius 3 is 3.00 bits per heavy atom. The quantitative estimate of drug-likeness (QED) is 0.885. The molecule has 1 N–H and O–H groups in total. The molecule has 1 aliphatic heterocycles. The highest BCUT2D eigenvalue weighted by atomic mass is 35.5. The van der Waals surface area contributed by atoms with Crippen molar-refractivity contribution in [3.63, 3.8) is 0 Å². The number of benzene rings is 1. The summed E-state index contributed by atoms with van der Waals surface area (Å²) in [6.07, 6.45) is 2.54. The number of nitrogens with one attached hydrogen (secondary N) is 1. The topological polar surface area (TPSA) is 21.3 Å². The first-order valence-electron chi connectivity index (χ1n) is 6.91. The van der Waals surface area contributed by atoms with Crippen molar-refractivity contribution < 1.29 is 9.13 Å². The van der Waals surface area contributed by atoms with Crippen LogP contribution in [-0.2, 0) is 4.74 Å². The first-order valence-corrected chi connectivity index (χ1v) is 7.29. The maximum Gasteiger partial charge on any atom is 0.141 e. The average Bonchev–Trinajstić information content (AvgIpc) is 2.86. The highest BCUT2D eigenvalue weighted by Gasteiger charge is 2.26. The number of ether oxygens (including phenoxy) is 1. The van der Waals surface area contributed by atoms with Crippen LogP contribution in [-0.4, -0.2) is 19.3 Å². The van der Waals surface area contributed by atoms with Gasteiger partial charge in [-0.05, 0) is 43.4 Å². The third-order valence-corrected chi connectivity index (χ3v) is 4.17. The van der Waals surface area contributed by atoms with E-state index in [0.29, 0.717) is 12.0 Å². The molecule has 1 fully saturated rings. The molecule has 1 aliphatic rings. The van der Waals surface area contributed by atoms with Crippen LogP contribution < -0.4 is 5.32 Å². The maximum absolute atomic E-state index is 13.1. The zero-order chi connectivity index (χ0) is 13.8. The fraction of sp³-hybridized carbons (Fsp3) is 0.600. The van der Waals surface area contributed by atoms with Crippen LogP contribution >= 0.6 is 11.6 Å². The molecule has 0 aromatic heterocycles. The van der Waals surface area contributed by atoms with Crippen LogP contribution in [0, 0.1) is 11.7 Å². The largest absolute Gasteiger partial charge is 0.378 e. The molecule has 1 aromatic carbocycles. The molecule has 2 nitrogen and oxygen atoms in total. The molecule has 1 saturated heterocycles. The molecular weight excluding hydrogens is 265 g/mol. The first kappa shape index (κ1) is 14.8. The van der Waals surface area contributed by atoms with Gasteiger partial charge in [0.15, 0.2) is 0 Å². The Kier molecular flexibility index (Phi) is 5.20. The Morgan fingerprint density at radius 2 is 2.32 bits per heavy atom. The lowest BCUT2D eigenvalue weighted by Crippen LogP contribution is -2.30. The SMILES string of the molecule is CCC1OCCC1CNC(C)c1ccc(F)c(Cl)c1. The zero-order valence-corrected chi connectivity index (χ0v) is 12.2. The Balaban J connectivity index is 1.90. The van der Waals surface area contributed by atoms with Crippen LogP contribution in [0.3, 0.4) is 0 Å². The zero-order valence-electron chi connectivity index (χ0n) is 11.5. The van der Waals surface area contributed by atoms with Gasteiger partial charge in [0.05, 0.1) is 11.1 Å². The second-order valence-electron chi connectivity index (χ2n) is 5.17. The second kappa shape index (κ2) is 6.69. The highest BCUT2D eigenvalue weighted by Crippen LogP contribution is 2.25. The van der Waals surface area contributed by atoms with Crippen molar-refractivity contribution in [2.75, 3.05) is 13.2 Å². The third kappa shape index (κ3) is 3.68. The molecule has 0 amide bonds. The Labute approximate surface area is 119 Å². The monoisotopic (exact) mass is 285 g/mol. The Bertz CT molecular complexity index is 427. The van der Waals surface area contributed by atoms with Crippen molar-refractivity contribution in [3.8, 4) is 0 Å². The van der Waals surface area contributed by atoms with Crippen molar-refractivity contribution in [2.45, 2.75) is 38.8 Å². The van der Waals surface area contributed by atoms with Gasteiger partial charge < -0.3 is 10.1 Å². The van der Waals surface area contributed by atoms with E-state index in [-0.39, 0.29) is 16.9 Å². The number of rotatable bonds is 5. The lowest BCUT2D eigenvalue weighted by Gasteiger charge is -2.21. The average molecular weight is 286 g/mol. The standard InChI is InChI=1S/C15H21ClFNO/c1-3-15-12(6-7-19-15)9-18-10(2)11-4-5-14(17)13(16)8-11/h4-5,8,10,12,15,18H,3,6-7,9H2,1-2H3. The summed E-state index contributed by atoms with van der Waals surface area (Å²) in [6, 6.07) is 5.05. The van der Waals surface area contributed by atoms with E-state index in [2.05, 4.69) is 19.2 Å². The van der Waals surface area contributed by atoms with Crippen LogP contribution in [0.1, 0.15) is 38.3 Å². The van der Waals surface area contributed by atoms with E-state index in [1.807, 2.05) is 0 Å². The molecule has 1 aromatic rings. The summed E-state index contributed by atoms with van der Waals surface area (Å²) in [5.74, 6) is 0.205. The van der Waals surface area contributed by atoms with Crippen molar-refractivity contribution in [1.82, 2.24) is 5.32 Å². The number of hydrogen-bond donors (Lipinski definition) is 1. The van der Waals surface area contributed by atoms with Crippen LogP contribution in [0.25, 0.3) is 0 Å². The van der Waals surface area contributed by atoms with Gasteiger partial charge in [-0.1, -0.05) is 24.6 Å². The molecule has 0 radical (unpaired) electrons. The lowest BCUT2D eigenvalue weighted by atomic mass is 9.98. The lowest BCUT2D eigenvalue weighted by molar-refractivity contribution is 0.0867. The number of hydrogen-bond acceptors (Lipinski definition) is 2. The van der Waals surface area contributed by atoms with Crippen LogP contribution in [0.4, 0.5) is 4.39 Å². The van der Waals surface area contributed by atoms with Gasteiger partial charge in [0.2, 0.25) is 0 Å². The normalized spacial score (nSPS) is 24.6. The molecule has 0 saturated carbocycles. The summed E-state index contributed by atoms with van der Waals surface area (Å²) in [5.41, 5.74) is 1.01. The summed E-state index contributed by atoms with van der Waals surface area (Å²) in [5, 5.41) is 3.67. The third-order valence-electron chi connectivity index (χ3n) is 3.88. The van der Waals surface area contributed by atoms with E-state index in [9.17, 15) is 4.39 Å².